The molecule has 0 atom stereocenters. The van der Waals surface area contributed by atoms with Crippen molar-refractivity contribution in [2.75, 3.05) is 0 Å². The lowest BCUT2D eigenvalue weighted by atomic mass is 9.96. The Morgan fingerprint density at radius 3 is 1.85 bits per heavy atom. The number of benzene rings is 2. The summed E-state index contributed by atoms with van der Waals surface area (Å²) in [6, 6.07) is 15.4. The van der Waals surface area contributed by atoms with E-state index in [1.165, 1.54) is 28.3 Å². The molecule has 1 N–H and O–H groups in total. The Hall–Kier alpha value is -2.26. The molecule has 6 heteroatoms. The topological polar surface area (TPSA) is 55.8 Å². The van der Waals surface area contributed by atoms with Crippen molar-refractivity contribution in [3.63, 3.8) is 0 Å². The summed E-state index contributed by atoms with van der Waals surface area (Å²) in [5.74, 6) is -0.933. The van der Waals surface area contributed by atoms with E-state index < -0.39 is 22.6 Å². The lowest BCUT2D eigenvalue weighted by Gasteiger charge is -2.37. The first-order chi connectivity index (χ1) is 18.9. The van der Waals surface area contributed by atoms with E-state index in [1.807, 2.05) is 6.08 Å². The molecule has 2 aromatic rings. The van der Waals surface area contributed by atoms with Crippen LogP contribution < -0.4 is 0 Å². The first-order valence-electron chi connectivity index (χ1n) is 14.9. The summed E-state index contributed by atoms with van der Waals surface area (Å²) < 4.78 is 13.3. The summed E-state index contributed by atoms with van der Waals surface area (Å²) in [5, 5.41) is 9.23. The smallest absolute Gasteiger partial charge is 0.328 e. The second kappa shape index (κ2) is 14.3. The van der Waals surface area contributed by atoms with Gasteiger partial charge in [0.2, 0.25) is 0 Å². The minimum absolute atomic E-state index is 0.155. The number of carboxylic acids is 1. The van der Waals surface area contributed by atoms with Gasteiger partial charge < -0.3 is 14.0 Å². The molecule has 2 rings (SSSR count). The van der Waals surface area contributed by atoms with Crippen molar-refractivity contribution >= 4 is 28.2 Å². The summed E-state index contributed by atoms with van der Waals surface area (Å²) in [6.07, 6.45) is 7.38. The van der Waals surface area contributed by atoms with Crippen LogP contribution in [0, 0.1) is 0 Å². The number of carbonyl (C=O) groups is 1. The van der Waals surface area contributed by atoms with Gasteiger partial charge in [0.25, 0.3) is 0 Å². The molecule has 226 valence electrons. The molecule has 0 unspecified atom stereocenters. The zero-order chi connectivity index (χ0) is 31.1. The Morgan fingerprint density at radius 2 is 1.34 bits per heavy atom. The molecule has 0 amide bonds. The van der Waals surface area contributed by atoms with Crippen molar-refractivity contribution < 1.29 is 18.8 Å². The SMILES string of the molecule is CCC(=CC=CC(=O)O)c1cccc(CCc2ccc(CO[Si](C)(C)C(C)(C)C)c(CO[Si](C)(C)C(C)(C)C)c2)c1. The molecule has 0 aliphatic rings. The maximum absolute atomic E-state index is 10.9. The molecule has 0 saturated carbocycles. The van der Waals surface area contributed by atoms with Crippen molar-refractivity contribution in [3.05, 3.63) is 88.5 Å². The van der Waals surface area contributed by atoms with Crippen molar-refractivity contribution in [1.82, 2.24) is 0 Å². The second-order valence-corrected chi connectivity index (χ2v) is 23.8. The monoisotopic (exact) mass is 594 g/mol. The number of carboxylic acid groups (broad SMARTS) is 1. The van der Waals surface area contributed by atoms with Crippen LogP contribution in [0.5, 0.6) is 0 Å². The molecule has 2 aromatic carbocycles. The largest absolute Gasteiger partial charge is 0.478 e. The van der Waals surface area contributed by atoms with Crippen LogP contribution in [0.25, 0.3) is 5.57 Å². The highest BCUT2D eigenvalue weighted by Gasteiger charge is 2.38. The highest BCUT2D eigenvalue weighted by atomic mass is 28.4. The molecule has 0 aromatic heterocycles. The van der Waals surface area contributed by atoms with Crippen molar-refractivity contribution in [3.8, 4) is 0 Å². The molecule has 4 nitrogen and oxygen atoms in total. The van der Waals surface area contributed by atoms with Gasteiger partial charge in [0.1, 0.15) is 0 Å². The van der Waals surface area contributed by atoms with E-state index in [4.69, 9.17) is 14.0 Å². The molecule has 41 heavy (non-hydrogen) atoms. The van der Waals surface area contributed by atoms with Crippen LogP contribution in [0.15, 0.2) is 60.7 Å². The van der Waals surface area contributed by atoms with Gasteiger partial charge in [-0.05, 0) is 88.9 Å². The third kappa shape index (κ3) is 10.5. The van der Waals surface area contributed by atoms with E-state index in [1.54, 1.807) is 6.08 Å². The summed E-state index contributed by atoms with van der Waals surface area (Å²) in [4.78, 5) is 10.9. The Kier molecular flexibility index (Phi) is 12.2. The van der Waals surface area contributed by atoms with E-state index in [2.05, 4.69) is 117 Å². The van der Waals surface area contributed by atoms with Gasteiger partial charge in [0, 0.05) is 6.08 Å². The predicted molar refractivity (Wildman–Crippen MR) is 179 cm³/mol. The lowest BCUT2D eigenvalue weighted by Crippen LogP contribution is -2.41. The fraction of sp³-hybridized carbons (Fsp3) is 0.514. The quantitative estimate of drug-likeness (QED) is 0.142. The van der Waals surface area contributed by atoms with E-state index >= 15 is 0 Å². The molecule has 0 bridgehead atoms. The molecule has 0 heterocycles. The van der Waals surface area contributed by atoms with Crippen molar-refractivity contribution in [2.24, 2.45) is 0 Å². The molecule has 0 fully saturated rings. The van der Waals surface area contributed by atoms with Gasteiger partial charge in [-0.25, -0.2) is 4.79 Å². The zero-order valence-corrected chi connectivity index (χ0v) is 29.5. The first-order valence-corrected chi connectivity index (χ1v) is 20.8. The van der Waals surface area contributed by atoms with Crippen LogP contribution in [0.3, 0.4) is 0 Å². The van der Waals surface area contributed by atoms with Crippen LogP contribution in [0.4, 0.5) is 0 Å². The average Bonchev–Trinajstić information content (AvgIpc) is 2.86. The molecule has 0 radical (unpaired) electrons. The molecule has 0 spiro atoms. The minimum atomic E-state index is -1.90. The van der Waals surface area contributed by atoms with Gasteiger partial charge in [-0.1, -0.05) is 103 Å². The van der Waals surface area contributed by atoms with Gasteiger partial charge in [0.05, 0.1) is 13.2 Å². The summed E-state index contributed by atoms with van der Waals surface area (Å²) in [5.41, 5.74) is 7.30. The van der Waals surface area contributed by atoms with E-state index in [0.29, 0.717) is 13.2 Å². The zero-order valence-electron chi connectivity index (χ0n) is 27.5. The highest BCUT2D eigenvalue weighted by molar-refractivity contribution is 6.74. The van der Waals surface area contributed by atoms with Crippen molar-refractivity contribution in [1.29, 1.82) is 0 Å². The minimum Gasteiger partial charge on any atom is -0.478 e. The normalized spacial score (nSPS) is 13.7. The standard InChI is InChI=1S/C35H54O4Si2/c1-12-29(16-14-18-33(36)37)30-17-13-15-27(23-30)19-20-28-21-22-31(25-38-40(8,9)34(2,3)4)32(24-28)26-39-41(10,11)35(5,6)7/h13-18,21-24H,12,19-20,25-26H2,1-11H3,(H,36,37). The number of aryl methyl sites for hydroxylation is 2. The maximum atomic E-state index is 10.9. The van der Waals surface area contributed by atoms with Crippen LogP contribution in [0.2, 0.25) is 36.3 Å². The lowest BCUT2D eigenvalue weighted by molar-refractivity contribution is -0.131. The van der Waals surface area contributed by atoms with Gasteiger partial charge in [-0.3, -0.25) is 0 Å². The van der Waals surface area contributed by atoms with Gasteiger partial charge in [0.15, 0.2) is 16.6 Å². The molecule has 0 saturated heterocycles. The van der Waals surface area contributed by atoms with Crippen molar-refractivity contribution in [2.45, 2.75) is 117 Å². The fourth-order valence-electron chi connectivity index (χ4n) is 3.94. The number of rotatable bonds is 13. The maximum Gasteiger partial charge on any atom is 0.328 e. The number of hydrogen-bond acceptors (Lipinski definition) is 3. The third-order valence-electron chi connectivity index (χ3n) is 8.98. The molecular weight excluding hydrogens is 541 g/mol. The van der Waals surface area contributed by atoms with E-state index in [9.17, 15) is 4.79 Å². The summed E-state index contributed by atoms with van der Waals surface area (Å²) in [7, 11) is -3.78. The number of aliphatic carboxylic acids is 1. The first kappa shape index (κ1) is 34.9. The van der Waals surface area contributed by atoms with E-state index in [-0.39, 0.29) is 10.1 Å². The molecule has 0 aliphatic carbocycles. The van der Waals surface area contributed by atoms with Crippen LogP contribution in [-0.4, -0.2) is 27.7 Å². The average molecular weight is 595 g/mol. The van der Waals surface area contributed by atoms with E-state index in [0.717, 1.165) is 30.4 Å². The predicted octanol–water partition coefficient (Wildman–Crippen LogP) is 9.95. The Bertz CT molecular complexity index is 1230. The Morgan fingerprint density at radius 1 is 0.805 bits per heavy atom. The van der Waals surface area contributed by atoms with Gasteiger partial charge in [-0.15, -0.1) is 0 Å². The van der Waals surface area contributed by atoms with Gasteiger partial charge in [-0.2, -0.15) is 0 Å². The fourth-order valence-corrected chi connectivity index (χ4v) is 5.84. The summed E-state index contributed by atoms with van der Waals surface area (Å²) in [6.45, 7) is 26.3. The third-order valence-corrected chi connectivity index (χ3v) is 17.9. The number of hydrogen-bond donors (Lipinski definition) is 1. The highest BCUT2D eigenvalue weighted by Crippen LogP contribution is 2.39. The van der Waals surface area contributed by atoms with Gasteiger partial charge >= 0.3 is 5.97 Å². The van der Waals surface area contributed by atoms with Crippen LogP contribution >= 0.6 is 0 Å². The van der Waals surface area contributed by atoms with Crippen LogP contribution in [0.1, 0.15) is 82.7 Å². The van der Waals surface area contributed by atoms with Crippen LogP contribution in [-0.2, 0) is 39.7 Å². The molecule has 0 aliphatic heterocycles. The summed E-state index contributed by atoms with van der Waals surface area (Å²) >= 11 is 0. The Labute approximate surface area is 252 Å². The second-order valence-electron chi connectivity index (χ2n) is 14.1. The molecular formula is C35H54O4Si2. The number of allylic oxidation sites excluding steroid dienone is 3. The Balaban J connectivity index is 2.28.